The van der Waals surface area contributed by atoms with Gasteiger partial charge in [-0.15, -0.1) is 0 Å². The molecule has 3 aromatic rings. The van der Waals surface area contributed by atoms with Gasteiger partial charge < -0.3 is 24.7 Å². The van der Waals surface area contributed by atoms with E-state index >= 15 is 0 Å². The van der Waals surface area contributed by atoms with Gasteiger partial charge in [0.2, 0.25) is 5.91 Å². The number of nitrogens with zero attached hydrogens (tertiary/aromatic N) is 2. The maximum Gasteiger partial charge on any atom is 0.356 e. The fraction of sp³-hybridized carbons (Fsp3) is 0.464. The molecule has 3 heterocycles. The number of methoxy groups -OCH3 is 1. The summed E-state index contributed by atoms with van der Waals surface area (Å²) in [6.45, 7) is 5.02. The van der Waals surface area contributed by atoms with Crippen molar-refractivity contribution in [3.05, 3.63) is 53.3 Å². The topological polar surface area (TPSA) is 94.5 Å². The number of pyridine rings is 1. The number of ether oxygens (including phenoxy) is 2. The van der Waals surface area contributed by atoms with E-state index in [1.165, 1.54) is 18.2 Å². The number of fused-ring (bicyclic) bond motifs is 2. The molecular formula is C28H34N4O4. The van der Waals surface area contributed by atoms with Gasteiger partial charge in [-0.25, -0.2) is 9.78 Å². The van der Waals surface area contributed by atoms with Gasteiger partial charge >= 0.3 is 5.97 Å². The SMILES string of the molecule is CC[C@H](C)C(=O)Nc1c(C(=O)OC)n(C[C@H]2CCCO2)c2ncc(NC3Cc4ccccc4C3)cc12. The van der Waals surface area contributed by atoms with Gasteiger partial charge in [-0.05, 0) is 49.3 Å². The van der Waals surface area contributed by atoms with E-state index in [-0.39, 0.29) is 24.0 Å². The van der Waals surface area contributed by atoms with E-state index in [0.717, 1.165) is 31.4 Å². The first kappa shape index (κ1) is 24.3. The molecule has 1 aliphatic heterocycles. The molecule has 0 unspecified atom stereocenters. The summed E-state index contributed by atoms with van der Waals surface area (Å²) in [5.74, 6) is -0.840. The Morgan fingerprint density at radius 1 is 1.25 bits per heavy atom. The molecule has 5 rings (SSSR count). The van der Waals surface area contributed by atoms with Crippen LogP contribution in [0.3, 0.4) is 0 Å². The van der Waals surface area contributed by atoms with Gasteiger partial charge in [-0.3, -0.25) is 4.79 Å². The molecule has 1 aliphatic carbocycles. The third kappa shape index (κ3) is 4.69. The lowest BCUT2D eigenvalue weighted by atomic mass is 10.1. The number of carbonyl (C=O) groups is 2. The summed E-state index contributed by atoms with van der Waals surface area (Å²) >= 11 is 0. The normalized spacial score (nSPS) is 18.2. The average Bonchev–Trinajstić information content (AvgIpc) is 3.61. The Bertz CT molecular complexity index is 1250. The second-order valence-electron chi connectivity index (χ2n) is 9.87. The first-order valence-corrected chi connectivity index (χ1v) is 12.8. The Morgan fingerprint density at radius 2 is 2.00 bits per heavy atom. The van der Waals surface area contributed by atoms with Crippen LogP contribution in [-0.4, -0.2) is 47.3 Å². The second-order valence-corrected chi connectivity index (χ2v) is 9.87. The van der Waals surface area contributed by atoms with Crippen LogP contribution >= 0.6 is 0 Å². The fourth-order valence-electron chi connectivity index (χ4n) is 5.24. The molecule has 2 aromatic heterocycles. The van der Waals surface area contributed by atoms with E-state index in [1.54, 1.807) is 6.20 Å². The predicted molar refractivity (Wildman–Crippen MR) is 139 cm³/mol. The minimum Gasteiger partial charge on any atom is -0.464 e. The van der Waals surface area contributed by atoms with Crippen LogP contribution in [0.2, 0.25) is 0 Å². The van der Waals surface area contributed by atoms with Gasteiger partial charge in [0, 0.05) is 24.0 Å². The Morgan fingerprint density at radius 3 is 2.64 bits per heavy atom. The first-order chi connectivity index (χ1) is 17.5. The molecule has 1 fully saturated rings. The van der Waals surface area contributed by atoms with Gasteiger partial charge in [-0.2, -0.15) is 0 Å². The fourth-order valence-corrected chi connectivity index (χ4v) is 5.24. The number of carbonyl (C=O) groups excluding carboxylic acids is 2. The monoisotopic (exact) mass is 490 g/mol. The quantitative estimate of drug-likeness (QED) is 0.450. The second kappa shape index (κ2) is 10.3. The summed E-state index contributed by atoms with van der Waals surface area (Å²) in [6, 6.07) is 10.7. The zero-order chi connectivity index (χ0) is 25.2. The summed E-state index contributed by atoms with van der Waals surface area (Å²) in [7, 11) is 1.36. The van der Waals surface area contributed by atoms with Crippen LogP contribution in [-0.2, 0) is 33.7 Å². The number of amides is 1. The summed E-state index contributed by atoms with van der Waals surface area (Å²) in [6.07, 6.45) is 6.27. The van der Waals surface area contributed by atoms with Crippen molar-refractivity contribution < 1.29 is 19.1 Å². The molecule has 1 amide bonds. The molecule has 2 N–H and O–H groups in total. The number of anilines is 2. The van der Waals surface area contributed by atoms with Crippen LogP contribution in [0.5, 0.6) is 0 Å². The highest BCUT2D eigenvalue weighted by Gasteiger charge is 2.30. The first-order valence-electron chi connectivity index (χ1n) is 12.8. The average molecular weight is 491 g/mol. The molecule has 2 atom stereocenters. The summed E-state index contributed by atoms with van der Waals surface area (Å²) < 4.78 is 12.9. The highest BCUT2D eigenvalue weighted by Crippen LogP contribution is 2.35. The lowest BCUT2D eigenvalue weighted by Crippen LogP contribution is -2.23. The van der Waals surface area contributed by atoms with Crippen LogP contribution < -0.4 is 10.6 Å². The molecule has 36 heavy (non-hydrogen) atoms. The molecule has 0 spiro atoms. The van der Waals surface area contributed by atoms with Crippen LogP contribution in [0.4, 0.5) is 11.4 Å². The number of aromatic nitrogens is 2. The van der Waals surface area contributed by atoms with Crippen LogP contribution in [0, 0.1) is 5.92 Å². The minimum absolute atomic E-state index is 0.0151. The Labute approximate surface area is 211 Å². The van der Waals surface area contributed by atoms with Crippen molar-refractivity contribution in [2.45, 2.75) is 64.6 Å². The highest BCUT2D eigenvalue weighted by molar-refractivity contribution is 6.11. The maximum absolute atomic E-state index is 13.0. The molecule has 0 radical (unpaired) electrons. The van der Waals surface area contributed by atoms with E-state index in [4.69, 9.17) is 14.5 Å². The number of hydrogen-bond acceptors (Lipinski definition) is 6. The number of nitrogens with one attached hydrogen (secondary N) is 2. The smallest absolute Gasteiger partial charge is 0.356 e. The number of esters is 1. The van der Waals surface area contributed by atoms with Crippen molar-refractivity contribution in [3.63, 3.8) is 0 Å². The number of hydrogen-bond donors (Lipinski definition) is 2. The van der Waals surface area contributed by atoms with Gasteiger partial charge in [0.15, 0.2) is 5.69 Å². The van der Waals surface area contributed by atoms with Crippen LogP contribution in [0.25, 0.3) is 11.0 Å². The van der Waals surface area contributed by atoms with Gasteiger partial charge in [-0.1, -0.05) is 38.1 Å². The molecule has 1 aromatic carbocycles. The van der Waals surface area contributed by atoms with E-state index in [1.807, 2.05) is 24.5 Å². The maximum atomic E-state index is 13.0. The van der Waals surface area contributed by atoms with E-state index in [2.05, 4.69) is 34.9 Å². The lowest BCUT2D eigenvalue weighted by Gasteiger charge is -2.15. The number of benzene rings is 1. The third-order valence-electron chi connectivity index (χ3n) is 7.42. The molecular weight excluding hydrogens is 456 g/mol. The molecule has 2 aliphatic rings. The molecule has 8 nitrogen and oxygen atoms in total. The van der Waals surface area contributed by atoms with Crippen molar-refractivity contribution in [1.82, 2.24) is 9.55 Å². The van der Waals surface area contributed by atoms with E-state index in [0.29, 0.717) is 42.0 Å². The Hall–Kier alpha value is -3.39. The van der Waals surface area contributed by atoms with Crippen LogP contribution in [0.1, 0.15) is 54.7 Å². The van der Waals surface area contributed by atoms with Gasteiger partial charge in [0.25, 0.3) is 0 Å². The Kier molecular flexibility index (Phi) is 6.96. The molecule has 190 valence electrons. The van der Waals surface area contributed by atoms with Crippen molar-refractivity contribution in [2.24, 2.45) is 5.92 Å². The zero-order valence-corrected chi connectivity index (χ0v) is 21.2. The summed E-state index contributed by atoms with van der Waals surface area (Å²) in [5, 5.41) is 7.36. The molecule has 1 saturated heterocycles. The molecule has 0 bridgehead atoms. The van der Waals surface area contributed by atoms with E-state index < -0.39 is 5.97 Å². The van der Waals surface area contributed by atoms with Crippen molar-refractivity contribution in [3.8, 4) is 0 Å². The van der Waals surface area contributed by atoms with Gasteiger partial charge in [0.1, 0.15) is 5.65 Å². The van der Waals surface area contributed by atoms with Gasteiger partial charge in [0.05, 0.1) is 37.3 Å². The van der Waals surface area contributed by atoms with Crippen molar-refractivity contribution >= 4 is 34.3 Å². The lowest BCUT2D eigenvalue weighted by molar-refractivity contribution is -0.119. The summed E-state index contributed by atoms with van der Waals surface area (Å²) in [4.78, 5) is 30.8. The predicted octanol–water partition coefficient (Wildman–Crippen LogP) is 4.57. The van der Waals surface area contributed by atoms with Crippen molar-refractivity contribution in [1.29, 1.82) is 0 Å². The highest BCUT2D eigenvalue weighted by atomic mass is 16.5. The zero-order valence-electron chi connectivity index (χ0n) is 21.2. The standard InChI is InChI=1S/C28H34N4O4/c1-4-17(2)27(33)31-24-23-14-21(30-20-12-18-8-5-6-9-19(18)13-20)15-29-26(23)32(25(24)28(34)35-3)16-22-10-7-11-36-22/h5-6,8-9,14-15,17,20,22,30H,4,7,10-13,16H2,1-3H3,(H,31,33)/t17-,22+/m0/s1. The summed E-state index contributed by atoms with van der Waals surface area (Å²) in [5.41, 5.74) is 4.96. The Balaban J connectivity index is 1.54. The number of rotatable bonds is 8. The molecule has 8 heteroatoms. The van der Waals surface area contributed by atoms with E-state index in [9.17, 15) is 9.59 Å². The van der Waals surface area contributed by atoms with Crippen molar-refractivity contribution in [2.75, 3.05) is 24.4 Å². The largest absolute Gasteiger partial charge is 0.464 e. The van der Waals surface area contributed by atoms with Crippen LogP contribution in [0.15, 0.2) is 36.5 Å². The minimum atomic E-state index is -0.508. The third-order valence-corrected chi connectivity index (χ3v) is 7.42. The molecule has 0 saturated carbocycles.